The normalized spacial score (nSPS) is 15.0. The van der Waals surface area contributed by atoms with Crippen LogP contribution in [0.25, 0.3) is 11.8 Å². The molecule has 0 radical (unpaired) electrons. The van der Waals surface area contributed by atoms with E-state index in [1.807, 2.05) is 6.07 Å². The molecule has 4 aromatic rings. The molecule has 1 atom stereocenters. The minimum absolute atomic E-state index is 0.0879. The van der Waals surface area contributed by atoms with Gasteiger partial charge in [0, 0.05) is 11.6 Å². The van der Waals surface area contributed by atoms with Gasteiger partial charge < -0.3 is 9.84 Å². The molecule has 9 nitrogen and oxygen atoms in total. The lowest BCUT2D eigenvalue weighted by molar-refractivity contribution is -0.385. The molecule has 0 saturated heterocycles. The van der Waals surface area contributed by atoms with Gasteiger partial charge in [0.25, 0.3) is 5.56 Å². The van der Waals surface area contributed by atoms with Crippen molar-refractivity contribution in [3.05, 3.63) is 131 Å². The number of aromatic hydroxyl groups is 1. The fourth-order valence-electron chi connectivity index (χ4n) is 4.33. The van der Waals surface area contributed by atoms with E-state index in [-0.39, 0.29) is 21.5 Å². The highest BCUT2D eigenvalue weighted by atomic mass is 32.1. The van der Waals surface area contributed by atoms with Crippen LogP contribution in [0.4, 0.5) is 10.1 Å². The van der Waals surface area contributed by atoms with Gasteiger partial charge >= 0.3 is 11.7 Å². The second-order valence-corrected chi connectivity index (χ2v) is 9.50. The van der Waals surface area contributed by atoms with Crippen LogP contribution in [0, 0.1) is 15.9 Å². The monoisotopic (exact) mass is 545 g/mol. The van der Waals surface area contributed by atoms with Crippen molar-refractivity contribution >= 4 is 34.8 Å². The Hall–Kier alpha value is -4.90. The van der Waals surface area contributed by atoms with Gasteiger partial charge in [-0.05, 0) is 42.3 Å². The zero-order valence-electron chi connectivity index (χ0n) is 20.4. The quantitative estimate of drug-likeness (QED) is 0.224. The van der Waals surface area contributed by atoms with Gasteiger partial charge in [0.1, 0.15) is 5.82 Å². The summed E-state index contributed by atoms with van der Waals surface area (Å²) in [5, 5.41) is 21.1. The van der Waals surface area contributed by atoms with Gasteiger partial charge in [0.2, 0.25) is 0 Å². The van der Waals surface area contributed by atoms with E-state index in [0.717, 1.165) is 17.4 Å². The number of ether oxygens (including phenoxy) is 1. The first-order valence-corrected chi connectivity index (χ1v) is 12.6. The predicted molar refractivity (Wildman–Crippen MR) is 142 cm³/mol. The number of esters is 1. The third-order valence-corrected chi connectivity index (χ3v) is 7.04. The Balaban J connectivity index is 1.81. The maximum Gasteiger partial charge on any atom is 0.338 e. The van der Waals surface area contributed by atoms with Crippen molar-refractivity contribution in [1.29, 1.82) is 0 Å². The van der Waals surface area contributed by atoms with E-state index >= 15 is 0 Å². The molecule has 3 aromatic carbocycles. The smallest absolute Gasteiger partial charge is 0.338 e. The van der Waals surface area contributed by atoms with E-state index in [9.17, 15) is 29.2 Å². The summed E-state index contributed by atoms with van der Waals surface area (Å²) < 4.78 is 20.8. The van der Waals surface area contributed by atoms with Crippen molar-refractivity contribution in [2.24, 2.45) is 4.99 Å². The van der Waals surface area contributed by atoms with Crippen LogP contribution < -0.4 is 14.9 Å². The molecule has 0 fully saturated rings. The van der Waals surface area contributed by atoms with Gasteiger partial charge in [-0.3, -0.25) is 19.5 Å². The van der Waals surface area contributed by atoms with Crippen LogP contribution in [0.5, 0.6) is 5.75 Å². The van der Waals surface area contributed by atoms with Crippen LogP contribution in [-0.4, -0.2) is 27.2 Å². The number of nitrogens with zero attached hydrogens (tertiary/aromatic N) is 3. The summed E-state index contributed by atoms with van der Waals surface area (Å²) in [6.45, 7) is 1.75. The minimum Gasteiger partial charge on any atom is -0.502 e. The number of thiazole rings is 1. The molecule has 1 N–H and O–H groups in total. The molecule has 1 aliphatic rings. The standard InChI is InChI=1S/C28H20FN3O6S/c1-2-38-27(35)23-24(17-6-4-3-5-7-17)30-28-31(25(23)18-9-11-19(29)12-10-18)26(34)22(39-28)15-16-8-13-21(33)20(14-16)32(36)37/h3-15,25,33H,2H2,1H3/b22-15-/t25-/m1/s1. The number of fused-ring (bicyclic) bond motifs is 1. The molecule has 0 saturated carbocycles. The van der Waals surface area contributed by atoms with Gasteiger partial charge in [0.05, 0.1) is 33.4 Å². The van der Waals surface area contributed by atoms with E-state index < -0.39 is 39.7 Å². The van der Waals surface area contributed by atoms with Crippen molar-refractivity contribution in [2.45, 2.75) is 13.0 Å². The van der Waals surface area contributed by atoms with Gasteiger partial charge in [-0.2, -0.15) is 0 Å². The highest BCUT2D eigenvalue weighted by molar-refractivity contribution is 7.07. The summed E-state index contributed by atoms with van der Waals surface area (Å²) in [6, 6.07) is 17.2. The molecule has 0 amide bonds. The van der Waals surface area contributed by atoms with E-state index in [4.69, 9.17) is 9.73 Å². The minimum atomic E-state index is -0.979. The SMILES string of the molecule is CCOC(=O)C1=C(c2ccccc2)N=c2s/c(=C\c3ccc(O)c([N+](=O)[O-])c3)c(=O)n2[C@@H]1c1ccc(F)cc1. The number of rotatable bonds is 6. The molecule has 0 aliphatic carbocycles. The van der Waals surface area contributed by atoms with Gasteiger partial charge in [-0.1, -0.05) is 59.9 Å². The number of halogens is 1. The number of phenols is 1. The molecule has 0 bridgehead atoms. The number of hydrogen-bond donors (Lipinski definition) is 1. The van der Waals surface area contributed by atoms with Crippen molar-refractivity contribution < 1.29 is 24.0 Å². The van der Waals surface area contributed by atoms with Crippen LogP contribution in [0.2, 0.25) is 0 Å². The third-order valence-electron chi connectivity index (χ3n) is 6.05. The summed E-state index contributed by atoms with van der Waals surface area (Å²) in [7, 11) is 0. The average Bonchev–Trinajstić information content (AvgIpc) is 3.24. The van der Waals surface area contributed by atoms with Crippen LogP contribution >= 0.6 is 11.3 Å². The van der Waals surface area contributed by atoms with E-state index in [0.29, 0.717) is 22.4 Å². The number of hydrogen-bond acceptors (Lipinski definition) is 8. The Kier molecular flexibility index (Phi) is 6.90. The van der Waals surface area contributed by atoms with Gasteiger partial charge in [0.15, 0.2) is 10.6 Å². The molecule has 196 valence electrons. The fraction of sp³-hybridized carbons (Fsp3) is 0.107. The number of benzene rings is 3. The maximum absolute atomic E-state index is 13.9. The first-order chi connectivity index (χ1) is 18.8. The first kappa shape index (κ1) is 25.7. The summed E-state index contributed by atoms with van der Waals surface area (Å²) in [6.07, 6.45) is 1.45. The number of aromatic nitrogens is 1. The van der Waals surface area contributed by atoms with Crippen molar-refractivity contribution in [1.82, 2.24) is 4.57 Å². The van der Waals surface area contributed by atoms with Crippen molar-refractivity contribution in [3.8, 4) is 5.75 Å². The Morgan fingerprint density at radius 2 is 1.90 bits per heavy atom. The van der Waals surface area contributed by atoms with E-state index in [2.05, 4.69) is 0 Å². The van der Waals surface area contributed by atoms with Gasteiger partial charge in [-0.25, -0.2) is 14.2 Å². The average molecular weight is 546 g/mol. The highest BCUT2D eigenvalue weighted by Gasteiger charge is 2.35. The lowest BCUT2D eigenvalue weighted by atomic mass is 9.93. The molecular formula is C28H20FN3O6S. The van der Waals surface area contributed by atoms with E-state index in [1.165, 1.54) is 47.0 Å². The van der Waals surface area contributed by atoms with Crippen LogP contribution in [0.3, 0.4) is 0 Å². The highest BCUT2D eigenvalue weighted by Crippen LogP contribution is 2.35. The van der Waals surface area contributed by atoms with E-state index in [1.54, 1.807) is 31.2 Å². The molecular weight excluding hydrogens is 525 g/mol. The molecule has 11 heteroatoms. The number of carbonyl (C=O) groups is 1. The number of phenolic OH excluding ortho intramolecular Hbond substituents is 1. The predicted octanol–water partition coefficient (Wildman–Crippen LogP) is 3.69. The Morgan fingerprint density at radius 3 is 2.56 bits per heavy atom. The summed E-state index contributed by atoms with van der Waals surface area (Å²) in [5.41, 5.74) is 0.839. The summed E-state index contributed by atoms with van der Waals surface area (Å²) in [4.78, 5) is 42.7. The molecule has 2 heterocycles. The molecule has 39 heavy (non-hydrogen) atoms. The molecule has 1 aromatic heterocycles. The largest absolute Gasteiger partial charge is 0.502 e. The molecule has 0 spiro atoms. The summed E-state index contributed by atoms with van der Waals surface area (Å²) >= 11 is 1.04. The summed E-state index contributed by atoms with van der Waals surface area (Å²) in [5.74, 6) is -1.65. The Labute approximate surface area is 224 Å². The van der Waals surface area contributed by atoms with Gasteiger partial charge in [-0.15, -0.1) is 0 Å². The van der Waals surface area contributed by atoms with Crippen LogP contribution in [-0.2, 0) is 9.53 Å². The number of nitro benzene ring substituents is 1. The maximum atomic E-state index is 13.9. The fourth-order valence-corrected chi connectivity index (χ4v) is 5.33. The Morgan fingerprint density at radius 1 is 1.18 bits per heavy atom. The third kappa shape index (κ3) is 4.87. The molecule has 1 aliphatic heterocycles. The lowest BCUT2D eigenvalue weighted by Gasteiger charge is -2.25. The molecule has 5 rings (SSSR count). The first-order valence-electron chi connectivity index (χ1n) is 11.8. The number of nitro groups is 1. The zero-order valence-corrected chi connectivity index (χ0v) is 21.2. The van der Waals surface area contributed by atoms with Crippen molar-refractivity contribution in [3.63, 3.8) is 0 Å². The zero-order chi connectivity index (χ0) is 27.7. The second kappa shape index (κ2) is 10.5. The topological polar surface area (TPSA) is 124 Å². The lowest BCUT2D eigenvalue weighted by Crippen LogP contribution is -2.40. The van der Waals surface area contributed by atoms with Crippen LogP contribution in [0.15, 0.2) is 88.2 Å². The van der Waals surface area contributed by atoms with Crippen LogP contribution in [0.1, 0.15) is 29.7 Å². The van der Waals surface area contributed by atoms with Crippen molar-refractivity contribution in [2.75, 3.05) is 6.61 Å². The Bertz CT molecular complexity index is 1810. The second-order valence-electron chi connectivity index (χ2n) is 8.49. The number of carbonyl (C=O) groups excluding carboxylic acids is 1. The molecule has 0 unspecified atom stereocenters.